The molecule has 0 radical (unpaired) electrons. The Morgan fingerprint density at radius 1 is 1.20 bits per heavy atom. The lowest BCUT2D eigenvalue weighted by Gasteiger charge is -2.11. The standard InChI is InChI=1S/C16H26N2O2/c1-4-5-11-18-16(19)10-12-17-14-6-8-15(9-7-14)20-13(2)3/h6-9,13,17H,4-5,10-12H2,1-3H3,(H,18,19). The van der Waals surface area contributed by atoms with Gasteiger partial charge in [0, 0.05) is 25.2 Å². The zero-order chi connectivity index (χ0) is 14.8. The Kier molecular flexibility index (Phi) is 7.55. The van der Waals surface area contributed by atoms with Crippen LogP contribution < -0.4 is 15.4 Å². The van der Waals surface area contributed by atoms with Crippen molar-refractivity contribution in [2.75, 3.05) is 18.4 Å². The van der Waals surface area contributed by atoms with Gasteiger partial charge in [-0.1, -0.05) is 13.3 Å². The SMILES string of the molecule is CCCCNC(=O)CCNc1ccc(OC(C)C)cc1. The molecule has 0 unspecified atom stereocenters. The number of anilines is 1. The lowest BCUT2D eigenvalue weighted by molar-refractivity contribution is -0.120. The summed E-state index contributed by atoms with van der Waals surface area (Å²) in [5, 5.41) is 6.13. The molecule has 0 bridgehead atoms. The highest BCUT2D eigenvalue weighted by molar-refractivity contribution is 5.76. The van der Waals surface area contributed by atoms with Crippen LogP contribution in [0.3, 0.4) is 0 Å². The Hall–Kier alpha value is -1.71. The number of carbonyl (C=O) groups is 1. The van der Waals surface area contributed by atoms with Gasteiger partial charge in [-0.2, -0.15) is 0 Å². The first-order valence-corrected chi connectivity index (χ1v) is 7.39. The van der Waals surface area contributed by atoms with Gasteiger partial charge >= 0.3 is 0 Å². The van der Waals surface area contributed by atoms with E-state index in [2.05, 4.69) is 17.6 Å². The smallest absolute Gasteiger partial charge is 0.221 e. The largest absolute Gasteiger partial charge is 0.491 e. The molecule has 112 valence electrons. The first-order valence-electron chi connectivity index (χ1n) is 7.39. The normalized spacial score (nSPS) is 10.4. The molecule has 0 saturated heterocycles. The molecule has 1 amide bonds. The molecule has 2 N–H and O–H groups in total. The summed E-state index contributed by atoms with van der Waals surface area (Å²) in [4.78, 5) is 11.5. The van der Waals surface area contributed by atoms with Crippen molar-refractivity contribution < 1.29 is 9.53 Å². The Morgan fingerprint density at radius 3 is 2.50 bits per heavy atom. The molecule has 4 nitrogen and oxygen atoms in total. The van der Waals surface area contributed by atoms with E-state index >= 15 is 0 Å². The fraction of sp³-hybridized carbons (Fsp3) is 0.562. The zero-order valence-electron chi connectivity index (χ0n) is 12.7. The van der Waals surface area contributed by atoms with Gasteiger partial charge in [-0.25, -0.2) is 0 Å². The summed E-state index contributed by atoms with van der Waals surface area (Å²) in [5.74, 6) is 0.966. The van der Waals surface area contributed by atoms with Crippen LogP contribution in [0.15, 0.2) is 24.3 Å². The molecule has 0 aliphatic carbocycles. The summed E-state index contributed by atoms with van der Waals surface area (Å²) < 4.78 is 5.57. The summed E-state index contributed by atoms with van der Waals surface area (Å²) in [7, 11) is 0. The number of hydrogen-bond donors (Lipinski definition) is 2. The van der Waals surface area contributed by atoms with Gasteiger partial charge in [-0.05, 0) is 44.5 Å². The molecule has 0 atom stereocenters. The van der Waals surface area contributed by atoms with E-state index < -0.39 is 0 Å². The monoisotopic (exact) mass is 278 g/mol. The lowest BCUT2D eigenvalue weighted by Crippen LogP contribution is -2.26. The molecule has 1 rings (SSSR count). The number of rotatable bonds is 9. The van der Waals surface area contributed by atoms with E-state index in [1.165, 1.54) is 0 Å². The molecular formula is C16H26N2O2. The number of ether oxygens (including phenoxy) is 1. The molecule has 0 spiro atoms. The van der Waals surface area contributed by atoms with Crippen LogP contribution in [0, 0.1) is 0 Å². The number of nitrogens with one attached hydrogen (secondary N) is 2. The molecule has 0 saturated carbocycles. The van der Waals surface area contributed by atoms with Crippen LogP contribution in [0.4, 0.5) is 5.69 Å². The van der Waals surface area contributed by atoms with Crippen LogP contribution >= 0.6 is 0 Å². The Labute approximate surface area is 121 Å². The van der Waals surface area contributed by atoms with E-state index in [1.54, 1.807) is 0 Å². The van der Waals surface area contributed by atoms with Gasteiger partial charge in [-0.15, -0.1) is 0 Å². The van der Waals surface area contributed by atoms with Crippen molar-refractivity contribution in [3.8, 4) is 5.75 Å². The second-order valence-corrected chi connectivity index (χ2v) is 5.07. The zero-order valence-corrected chi connectivity index (χ0v) is 12.7. The average molecular weight is 278 g/mol. The van der Waals surface area contributed by atoms with Gasteiger partial charge in [0.25, 0.3) is 0 Å². The van der Waals surface area contributed by atoms with Crippen LogP contribution in [0.2, 0.25) is 0 Å². The second-order valence-electron chi connectivity index (χ2n) is 5.07. The molecule has 0 aliphatic rings. The maximum Gasteiger partial charge on any atom is 0.221 e. The van der Waals surface area contributed by atoms with E-state index in [9.17, 15) is 4.79 Å². The predicted molar refractivity (Wildman–Crippen MR) is 83.2 cm³/mol. The van der Waals surface area contributed by atoms with Gasteiger partial charge < -0.3 is 15.4 Å². The summed E-state index contributed by atoms with van der Waals surface area (Å²) >= 11 is 0. The number of amides is 1. The van der Waals surface area contributed by atoms with Gasteiger partial charge in [0.05, 0.1) is 6.10 Å². The Morgan fingerprint density at radius 2 is 1.90 bits per heavy atom. The highest BCUT2D eigenvalue weighted by atomic mass is 16.5. The number of carbonyl (C=O) groups excluding carboxylic acids is 1. The van der Waals surface area contributed by atoms with E-state index in [0.29, 0.717) is 13.0 Å². The minimum Gasteiger partial charge on any atom is -0.491 e. The lowest BCUT2D eigenvalue weighted by atomic mass is 10.3. The van der Waals surface area contributed by atoms with E-state index in [1.807, 2.05) is 38.1 Å². The molecule has 20 heavy (non-hydrogen) atoms. The van der Waals surface area contributed by atoms with Crippen molar-refractivity contribution in [2.24, 2.45) is 0 Å². The Balaban J connectivity index is 2.23. The van der Waals surface area contributed by atoms with Crippen molar-refractivity contribution in [2.45, 2.75) is 46.1 Å². The third-order valence-electron chi connectivity index (χ3n) is 2.76. The predicted octanol–water partition coefficient (Wildman–Crippen LogP) is 3.19. The van der Waals surface area contributed by atoms with Gasteiger partial charge in [0.2, 0.25) is 5.91 Å². The van der Waals surface area contributed by atoms with Crippen LogP contribution in [0.1, 0.15) is 40.0 Å². The topological polar surface area (TPSA) is 50.4 Å². The highest BCUT2D eigenvalue weighted by Crippen LogP contribution is 2.16. The van der Waals surface area contributed by atoms with E-state index in [-0.39, 0.29) is 12.0 Å². The quantitative estimate of drug-likeness (QED) is 0.682. The molecule has 4 heteroatoms. The number of unbranched alkanes of at least 4 members (excludes halogenated alkanes) is 1. The fourth-order valence-electron chi connectivity index (χ4n) is 1.74. The van der Waals surface area contributed by atoms with Crippen LogP contribution in [0.25, 0.3) is 0 Å². The molecule has 0 aliphatic heterocycles. The molecule has 0 fully saturated rings. The van der Waals surface area contributed by atoms with Crippen molar-refractivity contribution in [1.82, 2.24) is 5.32 Å². The van der Waals surface area contributed by atoms with E-state index in [4.69, 9.17) is 4.74 Å². The first kappa shape index (κ1) is 16.3. The summed E-state index contributed by atoms with van der Waals surface area (Å²) in [6.45, 7) is 7.53. The van der Waals surface area contributed by atoms with Gasteiger partial charge in [-0.3, -0.25) is 4.79 Å². The highest BCUT2D eigenvalue weighted by Gasteiger charge is 2.01. The third-order valence-corrected chi connectivity index (χ3v) is 2.76. The van der Waals surface area contributed by atoms with Crippen LogP contribution in [0.5, 0.6) is 5.75 Å². The Bertz CT molecular complexity index is 388. The minimum absolute atomic E-state index is 0.103. The summed E-state index contributed by atoms with van der Waals surface area (Å²) in [6.07, 6.45) is 2.81. The average Bonchev–Trinajstić information content (AvgIpc) is 2.40. The van der Waals surface area contributed by atoms with E-state index in [0.717, 1.165) is 30.8 Å². The molecular weight excluding hydrogens is 252 g/mol. The maximum absolute atomic E-state index is 11.5. The van der Waals surface area contributed by atoms with Gasteiger partial charge in [0.15, 0.2) is 0 Å². The molecule has 1 aromatic carbocycles. The maximum atomic E-state index is 11.5. The number of benzene rings is 1. The van der Waals surface area contributed by atoms with Crippen molar-refractivity contribution in [1.29, 1.82) is 0 Å². The van der Waals surface area contributed by atoms with Gasteiger partial charge in [0.1, 0.15) is 5.75 Å². The third kappa shape index (κ3) is 7.02. The fourth-order valence-corrected chi connectivity index (χ4v) is 1.74. The minimum atomic E-state index is 0.103. The summed E-state index contributed by atoms with van der Waals surface area (Å²) in [5.41, 5.74) is 1.00. The van der Waals surface area contributed by atoms with Crippen molar-refractivity contribution >= 4 is 11.6 Å². The second kappa shape index (κ2) is 9.23. The molecule has 0 aromatic heterocycles. The van der Waals surface area contributed by atoms with Crippen LogP contribution in [-0.4, -0.2) is 25.1 Å². The first-order chi connectivity index (χ1) is 9.61. The summed E-state index contributed by atoms with van der Waals surface area (Å²) in [6, 6.07) is 7.80. The van der Waals surface area contributed by atoms with Crippen molar-refractivity contribution in [3.63, 3.8) is 0 Å². The van der Waals surface area contributed by atoms with Crippen LogP contribution in [-0.2, 0) is 4.79 Å². The molecule has 0 heterocycles. The van der Waals surface area contributed by atoms with Crippen molar-refractivity contribution in [3.05, 3.63) is 24.3 Å². The molecule has 1 aromatic rings. The number of hydrogen-bond acceptors (Lipinski definition) is 3.